The average Bonchev–Trinajstić information content (AvgIpc) is 2.12. The lowest BCUT2D eigenvalue weighted by molar-refractivity contribution is -0.116. The van der Waals surface area contributed by atoms with Crippen LogP contribution in [-0.4, -0.2) is 41.6 Å². The molecule has 0 fully saturated rings. The van der Waals surface area contributed by atoms with Crippen LogP contribution in [0.2, 0.25) is 0 Å². The Labute approximate surface area is 81.3 Å². The highest BCUT2D eigenvalue weighted by molar-refractivity contribution is 5.94. The Morgan fingerprint density at radius 1 is 1.71 bits per heavy atom. The van der Waals surface area contributed by atoms with Crippen molar-refractivity contribution >= 4 is 11.9 Å². The van der Waals surface area contributed by atoms with Crippen molar-refractivity contribution in [2.75, 3.05) is 19.7 Å². The number of aliphatic hydroxyl groups excluding tert-OH is 1. The van der Waals surface area contributed by atoms with Gasteiger partial charge in [-0.2, -0.15) is 0 Å². The Morgan fingerprint density at radius 2 is 2.43 bits per heavy atom. The molecule has 0 aliphatic carbocycles. The number of aliphatic hydroxyl groups is 1. The molecule has 0 spiro atoms. The Balaban J connectivity index is 2.54. The maximum absolute atomic E-state index is 11.2. The van der Waals surface area contributed by atoms with Gasteiger partial charge in [0.15, 0.2) is 5.78 Å². The molecule has 1 N–H and O–H groups in total. The van der Waals surface area contributed by atoms with Crippen LogP contribution < -0.4 is 0 Å². The van der Waals surface area contributed by atoms with E-state index in [1.165, 1.54) is 6.08 Å². The quantitative estimate of drug-likeness (QED) is 0.659. The van der Waals surface area contributed by atoms with E-state index in [1.807, 2.05) is 0 Å². The molecule has 0 aromatic heterocycles. The number of ether oxygens (including phenoxy) is 1. The molecule has 0 aromatic carbocycles. The van der Waals surface area contributed by atoms with E-state index in [1.54, 1.807) is 0 Å². The molecule has 0 unspecified atom stereocenters. The summed E-state index contributed by atoms with van der Waals surface area (Å²) in [6.07, 6.45) is 1.91. The van der Waals surface area contributed by atoms with Gasteiger partial charge in [-0.05, 0) is 0 Å². The third-order valence-electron chi connectivity index (χ3n) is 1.61. The zero-order chi connectivity index (χ0) is 10.6. The molecule has 1 aliphatic heterocycles. The highest BCUT2D eigenvalue weighted by atomic mass is 16.6. The zero-order valence-electron chi connectivity index (χ0n) is 7.60. The van der Waals surface area contributed by atoms with Crippen LogP contribution >= 0.6 is 0 Å². The van der Waals surface area contributed by atoms with Gasteiger partial charge in [0, 0.05) is 6.08 Å². The van der Waals surface area contributed by atoms with Crippen LogP contribution in [0.1, 0.15) is 0 Å². The van der Waals surface area contributed by atoms with Crippen molar-refractivity contribution < 1.29 is 19.4 Å². The Hall–Kier alpha value is -1.78. The second-order valence-electron chi connectivity index (χ2n) is 2.82. The fraction of sp³-hybridized carbons (Fsp3) is 0.333. The van der Waals surface area contributed by atoms with Crippen molar-refractivity contribution in [3.8, 4) is 0 Å². The average molecular weight is 197 g/mol. The molecule has 1 heterocycles. The highest BCUT2D eigenvalue weighted by Gasteiger charge is 2.22. The molecule has 0 saturated heterocycles. The summed E-state index contributed by atoms with van der Waals surface area (Å²) >= 11 is 0. The minimum Gasteiger partial charge on any atom is -0.510 e. The lowest BCUT2D eigenvalue weighted by atomic mass is 10.2. The van der Waals surface area contributed by atoms with Gasteiger partial charge in [-0.15, -0.1) is 0 Å². The van der Waals surface area contributed by atoms with Crippen LogP contribution in [0.3, 0.4) is 0 Å². The van der Waals surface area contributed by atoms with Gasteiger partial charge >= 0.3 is 6.09 Å². The molecule has 0 radical (unpaired) electrons. The largest absolute Gasteiger partial charge is 0.510 e. The number of carbonyl (C=O) groups excluding carboxylic acids is 2. The molecule has 1 rings (SSSR count). The van der Waals surface area contributed by atoms with E-state index in [4.69, 9.17) is 9.84 Å². The molecule has 1 aliphatic rings. The third-order valence-corrected chi connectivity index (χ3v) is 1.61. The molecule has 0 bridgehead atoms. The Bertz CT molecular complexity index is 295. The molecule has 14 heavy (non-hydrogen) atoms. The first-order valence-electron chi connectivity index (χ1n) is 4.08. The van der Waals surface area contributed by atoms with Crippen molar-refractivity contribution in [2.24, 2.45) is 0 Å². The molecule has 5 nitrogen and oxygen atoms in total. The van der Waals surface area contributed by atoms with Crippen LogP contribution in [0.4, 0.5) is 4.79 Å². The van der Waals surface area contributed by atoms with Gasteiger partial charge in [0.25, 0.3) is 0 Å². The van der Waals surface area contributed by atoms with Gasteiger partial charge in [-0.25, -0.2) is 4.79 Å². The summed E-state index contributed by atoms with van der Waals surface area (Å²) in [5.41, 5.74) is 0. The zero-order valence-corrected chi connectivity index (χ0v) is 7.60. The van der Waals surface area contributed by atoms with Gasteiger partial charge in [-0.1, -0.05) is 12.7 Å². The second-order valence-corrected chi connectivity index (χ2v) is 2.82. The Morgan fingerprint density at radius 3 is 3.00 bits per heavy atom. The molecule has 0 atom stereocenters. The summed E-state index contributed by atoms with van der Waals surface area (Å²) in [5, 5.41) is 9.09. The van der Waals surface area contributed by atoms with E-state index < -0.39 is 6.09 Å². The highest BCUT2D eigenvalue weighted by Crippen LogP contribution is 2.05. The molecule has 1 amide bonds. The number of carbonyl (C=O) groups is 2. The van der Waals surface area contributed by atoms with Crippen LogP contribution in [-0.2, 0) is 9.53 Å². The molecule has 0 aromatic rings. The first-order valence-corrected chi connectivity index (χ1v) is 4.08. The number of ketones is 1. The number of nitrogens with zero attached hydrogens (tertiary/aromatic N) is 1. The van der Waals surface area contributed by atoms with E-state index in [0.29, 0.717) is 0 Å². The van der Waals surface area contributed by atoms with Crippen molar-refractivity contribution in [1.29, 1.82) is 0 Å². The third kappa shape index (κ3) is 2.62. The van der Waals surface area contributed by atoms with Crippen LogP contribution in [0, 0.1) is 0 Å². The molecule has 5 heteroatoms. The topological polar surface area (TPSA) is 66.8 Å². The summed E-state index contributed by atoms with van der Waals surface area (Å²) in [7, 11) is 0. The predicted molar refractivity (Wildman–Crippen MR) is 48.8 cm³/mol. The van der Waals surface area contributed by atoms with E-state index in [9.17, 15) is 9.59 Å². The van der Waals surface area contributed by atoms with Crippen molar-refractivity contribution in [1.82, 2.24) is 4.90 Å². The minimum absolute atomic E-state index is 0.0156. The van der Waals surface area contributed by atoms with Crippen molar-refractivity contribution in [3.05, 3.63) is 24.5 Å². The van der Waals surface area contributed by atoms with E-state index >= 15 is 0 Å². The van der Waals surface area contributed by atoms with Gasteiger partial charge in [0.05, 0.1) is 13.1 Å². The van der Waals surface area contributed by atoms with Gasteiger partial charge in [-0.3, -0.25) is 9.69 Å². The smallest absolute Gasteiger partial charge is 0.410 e. The summed E-state index contributed by atoms with van der Waals surface area (Å²) in [6.45, 7) is 3.44. The monoisotopic (exact) mass is 197 g/mol. The first kappa shape index (κ1) is 10.3. The molecule has 0 saturated carbocycles. The lowest BCUT2D eigenvalue weighted by Gasteiger charge is -2.22. The summed E-state index contributed by atoms with van der Waals surface area (Å²) < 4.78 is 4.71. The maximum atomic E-state index is 11.2. The van der Waals surface area contributed by atoms with Gasteiger partial charge in [0.2, 0.25) is 0 Å². The number of hydrogen-bond acceptors (Lipinski definition) is 4. The summed E-state index contributed by atoms with van der Waals surface area (Å²) in [4.78, 5) is 23.3. The normalized spacial score (nSPS) is 16.1. The molecular formula is C9H11NO4. The maximum Gasteiger partial charge on any atom is 0.410 e. The van der Waals surface area contributed by atoms with E-state index in [0.717, 1.165) is 11.0 Å². The fourth-order valence-electron chi connectivity index (χ4n) is 1.07. The molecular weight excluding hydrogens is 186 g/mol. The predicted octanol–water partition coefficient (Wildman–Crippen LogP) is 0.636. The Kier molecular flexibility index (Phi) is 3.28. The first-order chi connectivity index (χ1) is 6.63. The van der Waals surface area contributed by atoms with Crippen LogP contribution in [0.25, 0.3) is 0 Å². The van der Waals surface area contributed by atoms with Crippen molar-refractivity contribution in [3.63, 3.8) is 0 Å². The van der Waals surface area contributed by atoms with E-state index in [2.05, 4.69) is 6.58 Å². The van der Waals surface area contributed by atoms with Crippen molar-refractivity contribution in [2.45, 2.75) is 0 Å². The number of amides is 1. The lowest BCUT2D eigenvalue weighted by Crippen LogP contribution is -2.40. The second kappa shape index (κ2) is 4.45. The fourth-order valence-corrected chi connectivity index (χ4v) is 1.07. The van der Waals surface area contributed by atoms with Crippen LogP contribution in [0.15, 0.2) is 24.5 Å². The summed E-state index contributed by atoms with van der Waals surface area (Å²) in [6, 6.07) is 0. The van der Waals surface area contributed by atoms with Gasteiger partial charge < -0.3 is 9.84 Å². The minimum atomic E-state index is -0.627. The molecule has 76 valence electrons. The number of hydrogen-bond donors (Lipinski definition) is 1. The SMILES string of the molecule is C=CCOC(=O)N1CC(=O)C=C(O)C1. The van der Waals surface area contributed by atoms with Crippen LogP contribution in [0.5, 0.6) is 0 Å². The number of rotatable bonds is 2. The van der Waals surface area contributed by atoms with E-state index in [-0.39, 0.29) is 31.2 Å². The summed E-state index contributed by atoms with van der Waals surface area (Å²) in [5.74, 6) is -0.443. The standard InChI is InChI=1S/C9H11NO4/c1-2-3-14-9(13)10-5-7(11)4-8(12)6-10/h2,4,11H,1,3,5-6H2. The van der Waals surface area contributed by atoms with Gasteiger partial charge in [0.1, 0.15) is 12.4 Å².